The Hall–Kier alpha value is -2.28. The van der Waals surface area contributed by atoms with Crippen LogP contribution < -0.4 is 4.90 Å². The van der Waals surface area contributed by atoms with E-state index in [1.54, 1.807) is 19.9 Å². The largest absolute Gasteiger partial charge is 0.369 e. The molecule has 0 aliphatic carbocycles. The summed E-state index contributed by atoms with van der Waals surface area (Å²) in [6, 6.07) is 3.28. The highest BCUT2D eigenvalue weighted by Crippen LogP contribution is 2.43. The summed E-state index contributed by atoms with van der Waals surface area (Å²) in [6.07, 6.45) is 2.30. The van der Waals surface area contributed by atoms with Crippen LogP contribution in [0.1, 0.15) is 58.1 Å². The third-order valence-electron chi connectivity index (χ3n) is 6.10. The number of amides is 2. The topological polar surface area (TPSA) is 43.9 Å². The number of carbonyl (C=O) groups is 2. The minimum Gasteiger partial charge on any atom is -0.369 e. The lowest BCUT2D eigenvalue weighted by molar-refractivity contribution is -0.133. The molecule has 5 nitrogen and oxygen atoms in total. The first kappa shape index (κ1) is 21.4. The standard InChI is InChI=1S/C22H28FN3O2S/c1-7-25-19(27)16(20(28)26(8-2)21(25)29)10-14-9-15-13(3)12-22(4,5)24(6)18(15)11-17(14)23/h9-11,13H,7-8,12H2,1-6H3. The molecule has 29 heavy (non-hydrogen) atoms. The van der Waals surface area contributed by atoms with Crippen LogP contribution in [0.15, 0.2) is 17.7 Å². The third kappa shape index (κ3) is 3.45. The first-order valence-corrected chi connectivity index (χ1v) is 10.4. The SMILES string of the molecule is CCN1C(=O)C(=Cc2cc3c(cc2F)N(C)C(C)(C)CC3C)C(=O)N(CC)C1=S. The van der Waals surface area contributed by atoms with E-state index >= 15 is 4.39 Å². The van der Waals surface area contributed by atoms with Gasteiger partial charge in [-0.2, -0.15) is 0 Å². The average molecular weight is 418 g/mol. The van der Waals surface area contributed by atoms with E-state index in [0.717, 1.165) is 17.7 Å². The van der Waals surface area contributed by atoms with Gasteiger partial charge in [0.05, 0.1) is 0 Å². The van der Waals surface area contributed by atoms with Crippen molar-refractivity contribution in [3.8, 4) is 0 Å². The van der Waals surface area contributed by atoms with Crippen molar-refractivity contribution in [1.82, 2.24) is 9.80 Å². The Balaban J connectivity index is 2.11. The number of benzene rings is 1. The Kier molecular flexibility index (Phi) is 5.56. The zero-order chi connectivity index (χ0) is 21.7. The predicted molar refractivity (Wildman–Crippen MR) is 117 cm³/mol. The monoisotopic (exact) mass is 417 g/mol. The van der Waals surface area contributed by atoms with Crippen molar-refractivity contribution >= 4 is 40.9 Å². The molecule has 1 saturated heterocycles. The molecule has 3 rings (SSSR count). The van der Waals surface area contributed by atoms with Crippen LogP contribution in [-0.4, -0.2) is 52.4 Å². The number of hydrogen-bond acceptors (Lipinski definition) is 4. The predicted octanol–water partition coefficient (Wildman–Crippen LogP) is 3.93. The Morgan fingerprint density at radius 2 is 1.72 bits per heavy atom. The number of halogens is 1. The minimum atomic E-state index is -0.476. The second kappa shape index (κ2) is 7.52. The molecule has 1 aromatic carbocycles. The molecule has 2 aliphatic heterocycles. The maximum atomic E-state index is 15.0. The Labute approximate surface area is 177 Å². The molecule has 2 amide bonds. The summed E-state index contributed by atoms with van der Waals surface area (Å²) >= 11 is 5.28. The maximum Gasteiger partial charge on any atom is 0.265 e. The van der Waals surface area contributed by atoms with E-state index in [-0.39, 0.29) is 27.7 Å². The molecule has 7 heteroatoms. The zero-order valence-electron chi connectivity index (χ0n) is 17.9. The molecule has 0 spiro atoms. The lowest BCUT2D eigenvalue weighted by Crippen LogP contribution is -2.55. The van der Waals surface area contributed by atoms with Crippen LogP contribution in [0, 0.1) is 5.82 Å². The third-order valence-corrected chi connectivity index (χ3v) is 6.54. The molecule has 156 valence electrons. The summed E-state index contributed by atoms with van der Waals surface area (Å²) in [6.45, 7) is 10.7. The summed E-state index contributed by atoms with van der Waals surface area (Å²) in [7, 11) is 1.97. The van der Waals surface area contributed by atoms with E-state index in [1.165, 1.54) is 21.9 Å². The fourth-order valence-corrected chi connectivity index (χ4v) is 4.68. The molecule has 0 saturated carbocycles. The van der Waals surface area contributed by atoms with Crippen molar-refractivity contribution in [2.24, 2.45) is 0 Å². The Morgan fingerprint density at radius 1 is 1.17 bits per heavy atom. The van der Waals surface area contributed by atoms with Gasteiger partial charge in [-0.3, -0.25) is 19.4 Å². The van der Waals surface area contributed by atoms with Crippen molar-refractivity contribution in [1.29, 1.82) is 0 Å². The highest BCUT2D eigenvalue weighted by atomic mass is 32.1. The molecule has 0 N–H and O–H groups in total. The Bertz CT molecular complexity index is 897. The van der Waals surface area contributed by atoms with Crippen molar-refractivity contribution in [3.63, 3.8) is 0 Å². The van der Waals surface area contributed by atoms with Gasteiger partial charge in [-0.1, -0.05) is 6.92 Å². The van der Waals surface area contributed by atoms with Crippen LogP contribution in [0.25, 0.3) is 6.08 Å². The number of thiocarbonyl (C=S) groups is 1. The maximum absolute atomic E-state index is 15.0. The second-order valence-corrected chi connectivity index (χ2v) is 8.71. The molecule has 2 heterocycles. The van der Waals surface area contributed by atoms with E-state index in [4.69, 9.17) is 12.2 Å². The summed E-state index contributed by atoms with van der Waals surface area (Å²) in [5.74, 6) is -1.17. The quantitative estimate of drug-likeness (QED) is 0.425. The summed E-state index contributed by atoms with van der Waals surface area (Å²) in [4.78, 5) is 30.5. The van der Waals surface area contributed by atoms with Gasteiger partial charge in [-0.05, 0) is 76.0 Å². The summed E-state index contributed by atoms with van der Waals surface area (Å²) < 4.78 is 15.0. The minimum absolute atomic E-state index is 0.0571. The van der Waals surface area contributed by atoms with Crippen LogP contribution in [0.3, 0.4) is 0 Å². The van der Waals surface area contributed by atoms with Gasteiger partial charge in [0, 0.05) is 36.9 Å². The van der Waals surface area contributed by atoms with Crippen LogP contribution >= 0.6 is 12.2 Å². The van der Waals surface area contributed by atoms with E-state index in [1.807, 2.05) is 7.05 Å². The second-order valence-electron chi connectivity index (χ2n) is 8.35. The molecule has 0 aromatic heterocycles. The van der Waals surface area contributed by atoms with Crippen LogP contribution in [0.4, 0.5) is 10.1 Å². The van der Waals surface area contributed by atoms with Crippen molar-refractivity contribution in [3.05, 3.63) is 34.6 Å². The summed E-state index contributed by atoms with van der Waals surface area (Å²) in [5, 5.41) is 0.200. The first-order valence-electron chi connectivity index (χ1n) is 10.00. The van der Waals surface area contributed by atoms with E-state index in [0.29, 0.717) is 13.1 Å². The first-order chi connectivity index (χ1) is 13.5. The average Bonchev–Trinajstić information content (AvgIpc) is 2.64. The van der Waals surface area contributed by atoms with Gasteiger partial charge < -0.3 is 4.90 Å². The van der Waals surface area contributed by atoms with E-state index in [2.05, 4.69) is 25.7 Å². The number of nitrogens with zero attached hydrogens (tertiary/aromatic N) is 3. The fraction of sp³-hybridized carbons (Fsp3) is 0.500. The van der Waals surface area contributed by atoms with Gasteiger partial charge in [0.15, 0.2) is 5.11 Å². The number of anilines is 1. The molecule has 1 fully saturated rings. The molecule has 0 radical (unpaired) electrons. The van der Waals surface area contributed by atoms with Gasteiger partial charge in [0.2, 0.25) is 0 Å². The van der Waals surface area contributed by atoms with Crippen LogP contribution in [0.2, 0.25) is 0 Å². The number of rotatable bonds is 3. The van der Waals surface area contributed by atoms with Crippen molar-refractivity contribution < 1.29 is 14.0 Å². The zero-order valence-corrected chi connectivity index (χ0v) is 18.7. The Morgan fingerprint density at radius 3 is 2.24 bits per heavy atom. The van der Waals surface area contributed by atoms with E-state index in [9.17, 15) is 9.59 Å². The van der Waals surface area contributed by atoms with Crippen LogP contribution in [0.5, 0.6) is 0 Å². The molecule has 1 atom stereocenters. The summed E-state index contributed by atoms with van der Waals surface area (Å²) in [5.41, 5.74) is 1.98. The molecule has 0 bridgehead atoms. The van der Waals surface area contributed by atoms with Gasteiger partial charge in [0.1, 0.15) is 11.4 Å². The number of carbonyl (C=O) groups excluding carboxylic acids is 2. The normalized spacial score (nSPS) is 21.6. The fourth-order valence-electron chi connectivity index (χ4n) is 4.25. The van der Waals surface area contributed by atoms with Gasteiger partial charge in [-0.25, -0.2) is 4.39 Å². The molecular formula is C22H28FN3O2S. The lowest BCUT2D eigenvalue weighted by Gasteiger charge is -2.45. The lowest BCUT2D eigenvalue weighted by atomic mass is 9.80. The number of fused-ring (bicyclic) bond motifs is 1. The molecular weight excluding hydrogens is 389 g/mol. The van der Waals surface area contributed by atoms with Gasteiger partial charge in [0.25, 0.3) is 11.8 Å². The van der Waals surface area contributed by atoms with Crippen molar-refractivity contribution in [2.75, 3.05) is 25.0 Å². The van der Waals surface area contributed by atoms with Gasteiger partial charge in [-0.15, -0.1) is 0 Å². The molecule has 2 aliphatic rings. The number of likely N-dealkylation sites (N-methyl/N-ethyl adjacent to an activating group) is 2. The highest BCUT2D eigenvalue weighted by Gasteiger charge is 2.39. The van der Waals surface area contributed by atoms with Gasteiger partial charge >= 0.3 is 0 Å². The van der Waals surface area contributed by atoms with Crippen LogP contribution in [-0.2, 0) is 9.59 Å². The van der Waals surface area contributed by atoms with E-state index < -0.39 is 17.6 Å². The molecule has 1 aromatic rings. The smallest absolute Gasteiger partial charge is 0.265 e. The molecule has 1 unspecified atom stereocenters. The highest BCUT2D eigenvalue weighted by molar-refractivity contribution is 7.80. The number of hydrogen-bond donors (Lipinski definition) is 0. The van der Waals surface area contributed by atoms with Crippen molar-refractivity contribution in [2.45, 2.75) is 52.5 Å².